The van der Waals surface area contributed by atoms with Crippen LogP contribution in [0.4, 0.5) is 0 Å². The summed E-state index contributed by atoms with van der Waals surface area (Å²) in [6.07, 6.45) is 5.48. The van der Waals surface area contributed by atoms with E-state index in [1.165, 1.54) is 32.2 Å². The highest BCUT2D eigenvalue weighted by Gasteiger charge is 2.22. The molecule has 1 rings (SSSR count). The first-order valence-corrected chi connectivity index (χ1v) is 6.66. The lowest BCUT2D eigenvalue weighted by atomic mass is 10.1. The summed E-state index contributed by atoms with van der Waals surface area (Å²) in [7, 11) is 0. The van der Waals surface area contributed by atoms with Gasteiger partial charge < -0.3 is 9.84 Å². The van der Waals surface area contributed by atoms with Crippen LogP contribution < -0.4 is 0 Å². The summed E-state index contributed by atoms with van der Waals surface area (Å²) in [4.78, 5) is 2.58. The summed E-state index contributed by atoms with van der Waals surface area (Å²) in [5.74, 6) is 0.721. The van der Waals surface area contributed by atoms with Gasteiger partial charge in [0.15, 0.2) is 0 Å². The van der Waals surface area contributed by atoms with Gasteiger partial charge >= 0.3 is 0 Å². The fourth-order valence-corrected chi connectivity index (χ4v) is 2.51. The van der Waals surface area contributed by atoms with Gasteiger partial charge in [0.2, 0.25) is 0 Å². The smallest absolute Gasteiger partial charge is 0.0698 e. The van der Waals surface area contributed by atoms with E-state index in [1.807, 2.05) is 0 Å². The van der Waals surface area contributed by atoms with E-state index in [0.29, 0.717) is 6.61 Å². The first-order chi connectivity index (χ1) is 7.74. The minimum atomic E-state index is 0.133. The van der Waals surface area contributed by atoms with E-state index < -0.39 is 0 Å². The highest BCUT2D eigenvalue weighted by molar-refractivity contribution is 4.78. The Morgan fingerprint density at radius 2 is 1.94 bits per heavy atom. The maximum atomic E-state index is 8.65. The van der Waals surface area contributed by atoms with E-state index in [2.05, 4.69) is 18.7 Å². The molecular weight excluding hydrogens is 202 g/mol. The third kappa shape index (κ3) is 5.28. The summed E-state index contributed by atoms with van der Waals surface area (Å²) < 4.78 is 5.36. The molecule has 1 saturated carbocycles. The molecule has 0 atom stereocenters. The Balaban J connectivity index is 2.25. The second kappa shape index (κ2) is 8.04. The van der Waals surface area contributed by atoms with Crippen LogP contribution in [0.15, 0.2) is 0 Å². The first kappa shape index (κ1) is 13.9. The van der Waals surface area contributed by atoms with Gasteiger partial charge in [0.25, 0.3) is 0 Å². The van der Waals surface area contributed by atoms with Gasteiger partial charge in [-0.15, -0.1) is 0 Å². The average molecular weight is 229 g/mol. The van der Waals surface area contributed by atoms with Crippen molar-refractivity contribution in [3.05, 3.63) is 0 Å². The number of nitrogens with zero attached hydrogens (tertiary/aromatic N) is 1. The molecule has 96 valence electrons. The van der Waals surface area contributed by atoms with Gasteiger partial charge in [0.05, 0.1) is 19.8 Å². The van der Waals surface area contributed by atoms with Crippen LogP contribution in [0.1, 0.15) is 39.5 Å². The van der Waals surface area contributed by atoms with Gasteiger partial charge in [-0.2, -0.15) is 0 Å². The Bertz CT molecular complexity index is 167. The zero-order chi connectivity index (χ0) is 11.8. The zero-order valence-corrected chi connectivity index (χ0v) is 10.8. The first-order valence-electron chi connectivity index (χ1n) is 6.66. The molecule has 0 saturated heterocycles. The van der Waals surface area contributed by atoms with Gasteiger partial charge in [0.1, 0.15) is 0 Å². The van der Waals surface area contributed by atoms with Gasteiger partial charge in [-0.1, -0.05) is 26.7 Å². The molecule has 1 fully saturated rings. The fraction of sp³-hybridized carbons (Fsp3) is 1.00. The molecule has 1 N–H and O–H groups in total. The van der Waals surface area contributed by atoms with Crippen LogP contribution in [-0.2, 0) is 4.74 Å². The SMILES string of the molecule is CC(C)CN(CCOCCO)C1CCCC1. The maximum Gasteiger partial charge on any atom is 0.0698 e. The summed E-state index contributed by atoms with van der Waals surface area (Å²) in [6, 6.07) is 0.778. The van der Waals surface area contributed by atoms with Crippen LogP contribution in [0, 0.1) is 5.92 Å². The van der Waals surface area contributed by atoms with Gasteiger partial charge in [-0.05, 0) is 18.8 Å². The van der Waals surface area contributed by atoms with E-state index >= 15 is 0 Å². The highest BCUT2D eigenvalue weighted by Crippen LogP contribution is 2.23. The van der Waals surface area contributed by atoms with Crippen LogP contribution in [0.3, 0.4) is 0 Å². The molecule has 0 aromatic carbocycles. The normalized spacial score (nSPS) is 17.8. The Labute approximate surface area is 99.8 Å². The largest absolute Gasteiger partial charge is 0.394 e. The molecule has 0 heterocycles. The standard InChI is InChI=1S/C13H27NO2/c1-12(2)11-14(7-9-16-10-8-15)13-5-3-4-6-13/h12-13,15H,3-11H2,1-2H3. The highest BCUT2D eigenvalue weighted by atomic mass is 16.5. The minimum Gasteiger partial charge on any atom is -0.394 e. The number of ether oxygens (including phenoxy) is 1. The summed E-state index contributed by atoms with van der Waals surface area (Å²) in [6.45, 7) is 8.10. The Kier molecular flexibility index (Phi) is 7.01. The fourth-order valence-electron chi connectivity index (χ4n) is 2.51. The second-order valence-electron chi connectivity index (χ2n) is 5.16. The van der Waals surface area contributed by atoms with Crippen molar-refractivity contribution in [2.75, 3.05) is 32.9 Å². The molecular formula is C13H27NO2. The average Bonchev–Trinajstić information content (AvgIpc) is 2.75. The molecule has 0 unspecified atom stereocenters. The minimum absolute atomic E-state index is 0.133. The Morgan fingerprint density at radius 1 is 1.25 bits per heavy atom. The third-order valence-corrected chi connectivity index (χ3v) is 3.20. The molecule has 16 heavy (non-hydrogen) atoms. The third-order valence-electron chi connectivity index (χ3n) is 3.20. The van der Waals surface area contributed by atoms with Crippen molar-refractivity contribution < 1.29 is 9.84 Å². The molecule has 3 heteroatoms. The predicted molar refractivity (Wildman–Crippen MR) is 66.6 cm³/mol. The molecule has 0 aliphatic heterocycles. The number of aliphatic hydroxyl groups is 1. The van der Waals surface area contributed by atoms with Crippen molar-refractivity contribution in [1.82, 2.24) is 4.90 Å². The van der Waals surface area contributed by atoms with Crippen LogP contribution in [0.5, 0.6) is 0 Å². The monoisotopic (exact) mass is 229 g/mol. The lowest BCUT2D eigenvalue weighted by molar-refractivity contribution is 0.0598. The Morgan fingerprint density at radius 3 is 2.50 bits per heavy atom. The van der Waals surface area contributed by atoms with E-state index in [0.717, 1.165) is 25.1 Å². The van der Waals surface area contributed by atoms with Gasteiger partial charge in [0, 0.05) is 19.1 Å². The summed E-state index contributed by atoms with van der Waals surface area (Å²) in [5.41, 5.74) is 0. The van der Waals surface area contributed by atoms with Crippen molar-refractivity contribution in [2.24, 2.45) is 5.92 Å². The predicted octanol–water partition coefficient (Wildman–Crippen LogP) is 1.90. The lowest BCUT2D eigenvalue weighted by Gasteiger charge is -2.30. The van der Waals surface area contributed by atoms with E-state index in [9.17, 15) is 0 Å². The summed E-state index contributed by atoms with van der Waals surface area (Å²) in [5, 5.41) is 8.65. The van der Waals surface area contributed by atoms with Crippen LogP contribution in [0.25, 0.3) is 0 Å². The number of rotatable bonds is 8. The van der Waals surface area contributed by atoms with Gasteiger partial charge in [-0.25, -0.2) is 0 Å². The Hall–Kier alpha value is -0.120. The number of hydrogen-bond donors (Lipinski definition) is 1. The molecule has 0 bridgehead atoms. The van der Waals surface area contributed by atoms with Crippen molar-refractivity contribution in [1.29, 1.82) is 0 Å². The molecule has 0 aromatic rings. The maximum absolute atomic E-state index is 8.65. The molecule has 0 amide bonds. The topological polar surface area (TPSA) is 32.7 Å². The second-order valence-corrected chi connectivity index (χ2v) is 5.16. The van der Waals surface area contributed by atoms with Crippen molar-refractivity contribution >= 4 is 0 Å². The number of hydrogen-bond acceptors (Lipinski definition) is 3. The molecule has 0 spiro atoms. The van der Waals surface area contributed by atoms with Gasteiger partial charge in [-0.3, -0.25) is 4.90 Å². The van der Waals surface area contributed by atoms with Crippen molar-refractivity contribution in [3.63, 3.8) is 0 Å². The van der Waals surface area contributed by atoms with Crippen molar-refractivity contribution in [3.8, 4) is 0 Å². The van der Waals surface area contributed by atoms with Crippen LogP contribution >= 0.6 is 0 Å². The molecule has 0 aromatic heterocycles. The van der Waals surface area contributed by atoms with Crippen molar-refractivity contribution in [2.45, 2.75) is 45.6 Å². The van der Waals surface area contributed by atoms with Crippen LogP contribution in [-0.4, -0.2) is 49.0 Å². The van der Waals surface area contributed by atoms with E-state index in [1.54, 1.807) is 0 Å². The number of aliphatic hydroxyl groups excluding tert-OH is 1. The quantitative estimate of drug-likeness (QED) is 0.645. The molecule has 1 aliphatic carbocycles. The molecule has 3 nitrogen and oxygen atoms in total. The molecule has 0 radical (unpaired) electrons. The zero-order valence-electron chi connectivity index (χ0n) is 10.8. The molecule has 1 aliphatic rings. The van der Waals surface area contributed by atoms with Crippen LogP contribution in [0.2, 0.25) is 0 Å². The van der Waals surface area contributed by atoms with E-state index in [4.69, 9.17) is 9.84 Å². The summed E-state index contributed by atoms with van der Waals surface area (Å²) >= 11 is 0. The lowest BCUT2D eigenvalue weighted by Crippen LogP contribution is -2.38. The van der Waals surface area contributed by atoms with E-state index in [-0.39, 0.29) is 6.61 Å².